The van der Waals surface area contributed by atoms with E-state index >= 15 is 0 Å². The lowest BCUT2D eigenvalue weighted by molar-refractivity contribution is -0.0295. The molecule has 0 radical (unpaired) electrons. The first kappa shape index (κ1) is 21.3. The first-order valence-electron chi connectivity index (χ1n) is 11.0. The van der Waals surface area contributed by atoms with Crippen molar-refractivity contribution in [3.05, 3.63) is 64.3 Å². The Hall–Kier alpha value is -3.56. The van der Waals surface area contributed by atoms with Crippen LogP contribution in [0, 0.1) is 13.8 Å². The van der Waals surface area contributed by atoms with E-state index in [1.54, 1.807) is 0 Å². The molecule has 0 spiro atoms. The lowest BCUT2D eigenvalue weighted by Crippen LogP contribution is -2.43. The molecule has 4 aromatic rings. The van der Waals surface area contributed by atoms with Gasteiger partial charge >= 0.3 is 5.69 Å². The van der Waals surface area contributed by atoms with E-state index in [1.807, 2.05) is 63.4 Å². The fraction of sp³-hybridized carbons (Fsp3) is 0.333. The van der Waals surface area contributed by atoms with E-state index in [9.17, 15) is 4.79 Å². The molecule has 0 saturated carbocycles. The molecule has 1 aliphatic rings. The van der Waals surface area contributed by atoms with Gasteiger partial charge in [-0.2, -0.15) is 0 Å². The Bertz CT molecular complexity index is 1360. The Morgan fingerprint density at radius 3 is 2.52 bits per heavy atom. The Morgan fingerprint density at radius 1 is 1.09 bits per heavy atom. The highest BCUT2D eigenvalue weighted by Gasteiger charge is 2.24. The zero-order valence-corrected chi connectivity index (χ0v) is 19.0. The van der Waals surface area contributed by atoms with Gasteiger partial charge in [-0.05, 0) is 38.6 Å². The molecule has 9 heteroatoms. The van der Waals surface area contributed by atoms with Gasteiger partial charge in [0.25, 0.3) is 0 Å². The molecule has 1 aromatic carbocycles. The molecular formula is C24H27N7O2. The van der Waals surface area contributed by atoms with E-state index in [0.29, 0.717) is 24.5 Å². The van der Waals surface area contributed by atoms with Crippen LogP contribution in [-0.2, 0) is 11.3 Å². The van der Waals surface area contributed by atoms with Gasteiger partial charge < -0.3 is 15.4 Å². The standard InChI is InChI=1S/C24H27N7O2/c1-15-11-18(12-16(2)26-15)20-21(17-7-5-4-6-8-17)27-23(25)31-22(20)28-30(24(31)32)14-19-13-29(3)9-10-33-19/h4-8,11-12,19H,9-10,13-14H2,1-3H3,(H2,25,27)/t19-/m0/s1. The summed E-state index contributed by atoms with van der Waals surface area (Å²) in [5.74, 6) is 0.105. The third-order valence-electron chi connectivity index (χ3n) is 5.89. The van der Waals surface area contributed by atoms with E-state index in [2.05, 4.69) is 14.9 Å². The van der Waals surface area contributed by atoms with Crippen molar-refractivity contribution in [2.24, 2.45) is 0 Å². The second-order valence-corrected chi connectivity index (χ2v) is 8.58. The molecule has 0 aliphatic carbocycles. The molecule has 0 amide bonds. The first-order valence-corrected chi connectivity index (χ1v) is 11.0. The fourth-order valence-electron chi connectivity index (χ4n) is 4.44. The van der Waals surface area contributed by atoms with Gasteiger partial charge in [0.1, 0.15) is 0 Å². The summed E-state index contributed by atoms with van der Waals surface area (Å²) in [6.45, 7) is 6.48. The Labute approximate surface area is 191 Å². The number of rotatable bonds is 4. The van der Waals surface area contributed by atoms with Crippen molar-refractivity contribution in [2.75, 3.05) is 32.5 Å². The second kappa shape index (κ2) is 8.42. The highest BCUT2D eigenvalue weighted by Crippen LogP contribution is 2.34. The minimum atomic E-state index is -0.324. The van der Waals surface area contributed by atoms with E-state index in [-0.39, 0.29) is 17.7 Å². The van der Waals surface area contributed by atoms with Crippen molar-refractivity contribution in [1.29, 1.82) is 0 Å². The number of pyridine rings is 1. The van der Waals surface area contributed by atoms with Crippen molar-refractivity contribution in [1.82, 2.24) is 29.0 Å². The number of aromatic nitrogens is 5. The highest BCUT2D eigenvalue weighted by molar-refractivity contribution is 5.90. The zero-order chi connectivity index (χ0) is 23.1. The second-order valence-electron chi connectivity index (χ2n) is 8.58. The summed E-state index contributed by atoms with van der Waals surface area (Å²) in [4.78, 5) is 24.7. The molecule has 1 fully saturated rings. The average molecular weight is 446 g/mol. The summed E-state index contributed by atoms with van der Waals surface area (Å²) in [6, 6.07) is 13.8. The number of hydrogen-bond donors (Lipinski definition) is 1. The minimum Gasteiger partial charge on any atom is -0.374 e. The number of hydrogen-bond acceptors (Lipinski definition) is 7. The fourth-order valence-corrected chi connectivity index (χ4v) is 4.44. The molecule has 33 heavy (non-hydrogen) atoms. The molecule has 1 aliphatic heterocycles. The van der Waals surface area contributed by atoms with Gasteiger partial charge in [0, 0.05) is 30.0 Å². The molecule has 0 bridgehead atoms. The number of fused-ring (bicyclic) bond motifs is 1. The largest absolute Gasteiger partial charge is 0.374 e. The molecule has 5 rings (SSSR count). The van der Waals surface area contributed by atoms with Crippen LogP contribution in [0.5, 0.6) is 0 Å². The minimum absolute atomic E-state index is 0.105. The number of benzene rings is 1. The van der Waals surface area contributed by atoms with E-state index in [4.69, 9.17) is 15.6 Å². The number of ether oxygens (including phenoxy) is 1. The van der Waals surface area contributed by atoms with Crippen LogP contribution in [-0.4, -0.2) is 61.9 Å². The number of nitrogen functional groups attached to an aromatic ring is 1. The smallest absolute Gasteiger partial charge is 0.353 e. The summed E-state index contributed by atoms with van der Waals surface area (Å²) in [5, 5.41) is 4.74. The Kier molecular flexibility index (Phi) is 5.43. The number of nitrogens with two attached hydrogens (primary N) is 1. The van der Waals surface area contributed by atoms with Gasteiger partial charge in [0.05, 0.1) is 30.5 Å². The number of likely N-dealkylation sites (N-methyl/N-ethyl adjacent to an activating group) is 1. The normalized spacial score (nSPS) is 17.0. The van der Waals surface area contributed by atoms with Gasteiger partial charge in [-0.15, -0.1) is 5.10 Å². The molecule has 2 N–H and O–H groups in total. The summed E-state index contributed by atoms with van der Waals surface area (Å²) in [7, 11) is 2.04. The van der Waals surface area contributed by atoms with Crippen molar-refractivity contribution < 1.29 is 4.74 Å². The maximum atomic E-state index is 13.3. The molecular weight excluding hydrogens is 418 g/mol. The van der Waals surface area contributed by atoms with Crippen LogP contribution in [0.2, 0.25) is 0 Å². The molecule has 1 atom stereocenters. The molecule has 4 heterocycles. The summed E-state index contributed by atoms with van der Waals surface area (Å²) in [6.07, 6.45) is -0.122. The number of aryl methyl sites for hydroxylation is 2. The maximum absolute atomic E-state index is 13.3. The van der Waals surface area contributed by atoms with Gasteiger partial charge in [-0.1, -0.05) is 30.3 Å². The van der Waals surface area contributed by atoms with Crippen LogP contribution < -0.4 is 11.4 Å². The lowest BCUT2D eigenvalue weighted by atomic mass is 9.99. The van der Waals surface area contributed by atoms with Crippen molar-refractivity contribution in [3.63, 3.8) is 0 Å². The average Bonchev–Trinajstić information content (AvgIpc) is 3.10. The summed E-state index contributed by atoms with van der Waals surface area (Å²) in [5.41, 5.74) is 11.4. The third-order valence-corrected chi connectivity index (χ3v) is 5.89. The first-order chi connectivity index (χ1) is 15.9. The van der Waals surface area contributed by atoms with Crippen LogP contribution in [0.3, 0.4) is 0 Å². The number of anilines is 1. The van der Waals surface area contributed by atoms with E-state index < -0.39 is 0 Å². The Morgan fingerprint density at radius 2 is 1.82 bits per heavy atom. The molecule has 9 nitrogen and oxygen atoms in total. The van der Waals surface area contributed by atoms with Crippen LogP contribution in [0.25, 0.3) is 28.0 Å². The van der Waals surface area contributed by atoms with Gasteiger partial charge in [0.2, 0.25) is 5.95 Å². The topological polar surface area (TPSA) is 104 Å². The van der Waals surface area contributed by atoms with Gasteiger partial charge in [-0.25, -0.2) is 18.9 Å². The monoisotopic (exact) mass is 445 g/mol. The van der Waals surface area contributed by atoms with Gasteiger partial charge in [0.15, 0.2) is 5.65 Å². The Balaban J connectivity index is 1.75. The third kappa shape index (κ3) is 4.01. The SMILES string of the molecule is Cc1cc(-c2c(-c3ccccc3)nc(N)n3c(=O)n(C[C@@H]4CN(C)CCO4)nc23)cc(C)n1. The van der Waals surface area contributed by atoms with Crippen molar-refractivity contribution in [3.8, 4) is 22.4 Å². The van der Waals surface area contributed by atoms with Crippen LogP contribution in [0.15, 0.2) is 47.3 Å². The molecule has 0 unspecified atom stereocenters. The van der Waals surface area contributed by atoms with Crippen LogP contribution in [0.1, 0.15) is 11.4 Å². The predicted molar refractivity (Wildman–Crippen MR) is 127 cm³/mol. The van der Waals surface area contributed by atoms with Crippen LogP contribution in [0.4, 0.5) is 5.95 Å². The summed E-state index contributed by atoms with van der Waals surface area (Å²) < 4.78 is 8.70. The molecule has 3 aromatic heterocycles. The number of nitrogens with zero attached hydrogens (tertiary/aromatic N) is 6. The van der Waals surface area contributed by atoms with Gasteiger partial charge in [-0.3, -0.25) is 4.98 Å². The zero-order valence-electron chi connectivity index (χ0n) is 19.0. The van der Waals surface area contributed by atoms with Crippen LogP contribution >= 0.6 is 0 Å². The van der Waals surface area contributed by atoms with Crippen molar-refractivity contribution >= 4 is 11.6 Å². The molecule has 170 valence electrons. The van der Waals surface area contributed by atoms with Crippen molar-refractivity contribution in [2.45, 2.75) is 26.5 Å². The number of morpholine rings is 1. The summed E-state index contributed by atoms with van der Waals surface area (Å²) >= 11 is 0. The molecule has 1 saturated heterocycles. The predicted octanol–water partition coefficient (Wildman–Crippen LogP) is 2.15. The lowest BCUT2D eigenvalue weighted by Gasteiger charge is -2.29. The quantitative estimate of drug-likeness (QED) is 0.513. The maximum Gasteiger partial charge on any atom is 0.353 e. The highest BCUT2D eigenvalue weighted by atomic mass is 16.5. The van der Waals surface area contributed by atoms with E-state index in [0.717, 1.165) is 41.2 Å². The van der Waals surface area contributed by atoms with E-state index in [1.165, 1.54) is 9.08 Å².